The molecule has 2 fully saturated rings. The van der Waals surface area contributed by atoms with Crippen LogP contribution in [0, 0.1) is 5.92 Å². The van der Waals surface area contributed by atoms with Crippen LogP contribution in [0.25, 0.3) is 0 Å². The minimum absolute atomic E-state index is 0.214. The first-order valence-electron chi connectivity index (χ1n) is 8.44. The van der Waals surface area contributed by atoms with Gasteiger partial charge in [-0.25, -0.2) is 4.79 Å². The number of likely N-dealkylation sites (tertiary alicyclic amines) is 1. The monoisotopic (exact) mass is 320 g/mol. The van der Waals surface area contributed by atoms with Crippen molar-refractivity contribution in [2.24, 2.45) is 5.92 Å². The van der Waals surface area contributed by atoms with E-state index in [-0.39, 0.29) is 12.6 Å². The molecule has 1 aliphatic heterocycles. The number of aromatic nitrogens is 2. The van der Waals surface area contributed by atoms with Gasteiger partial charge in [-0.1, -0.05) is 6.92 Å². The summed E-state index contributed by atoms with van der Waals surface area (Å²) in [5.74, 6) is -0.787. The lowest BCUT2D eigenvalue weighted by Crippen LogP contribution is -2.44. The molecule has 2 aliphatic rings. The third-order valence-electron chi connectivity index (χ3n) is 4.58. The van der Waals surface area contributed by atoms with Crippen LogP contribution in [-0.2, 0) is 11.3 Å². The maximum Gasteiger partial charge on any atom is 0.321 e. The number of piperidine rings is 1. The average molecular weight is 320 g/mol. The second kappa shape index (κ2) is 6.60. The van der Waals surface area contributed by atoms with Crippen LogP contribution in [0.5, 0.6) is 0 Å². The van der Waals surface area contributed by atoms with Gasteiger partial charge in [0, 0.05) is 25.6 Å². The predicted molar refractivity (Wildman–Crippen MR) is 85.4 cm³/mol. The largest absolute Gasteiger partial charge is 0.481 e. The number of rotatable bonds is 5. The Bertz CT molecular complexity index is 594. The minimum atomic E-state index is -0.822. The van der Waals surface area contributed by atoms with Crippen molar-refractivity contribution in [2.45, 2.75) is 51.5 Å². The summed E-state index contributed by atoms with van der Waals surface area (Å²) in [6, 6.07) is -0.214. The smallest absolute Gasteiger partial charge is 0.321 e. The first kappa shape index (κ1) is 15.8. The number of anilines is 1. The van der Waals surface area contributed by atoms with Gasteiger partial charge >= 0.3 is 12.0 Å². The van der Waals surface area contributed by atoms with Crippen molar-refractivity contribution in [3.8, 4) is 0 Å². The number of hydrogen-bond donors (Lipinski definition) is 2. The van der Waals surface area contributed by atoms with E-state index in [4.69, 9.17) is 5.11 Å². The Labute approximate surface area is 135 Å². The zero-order chi connectivity index (χ0) is 16.4. The molecule has 3 rings (SSSR count). The van der Waals surface area contributed by atoms with Gasteiger partial charge in [-0.05, 0) is 32.1 Å². The highest BCUT2D eigenvalue weighted by atomic mass is 16.4. The topological polar surface area (TPSA) is 87.5 Å². The molecule has 1 aromatic heterocycles. The first-order valence-corrected chi connectivity index (χ1v) is 8.44. The molecule has 1 unspecified atom stereocenters. The Kier molecular flexibility index (Phi) is 4.54. The summed E-state index contributed by atoms with van der Waals surface area (Å²) in [5.41, 5.74) is 1.90. The van der Waals surface area contributed by atoms with E-state index >= 15 is 0 Å². The molecule has 126 valence electrons. The van der Waals surface area contributed by atoms with Gasteiger partial charge in [-0.3, -0.25) is 9.48 Å². The van der Waals surface area contributed by atoms with Gasteiger partial charge in [-0.2, -0.15) is 5.10 Å². The normalized spacial score (nSPS) is 21.3. The highest BCUT2D eigenvalue weighted by Crippen LogP contribution is 2.43. The molecule has 0 bridgehead atoms. The SMILES string of the molecule is CCCn1ncc(NC(=O)N2CCCC(C(=O)O)C2)c1C1CC1. The molecular weight excluding hydrogens is 296 g/mol. The molecule has 1 atom stereocenters. The number of hydrogen-bond acceptors (Lipinski definition) is 3. The molecule has 2 amide bonds. The molecule has 1 saturated carbocycles. The van der Waals surface area contributed by atoms with E-state index in [0.29, 0.717) is 18.9 Å². The molecule has 7 heteroatoms. The van der Waals surface area contributed by atoms with Gasteiger partial charge in [-0.15, -0.1) is 0 Å². The van der Waals surface area contributed by atoms with Gasteiger partial charge < -0.3 is 15.3 Å². The summed E-state index contributed by atoms with van der Waals surface area (Å²) >= 11 is 0. The Morgan fingerprint density at radius 3 is 2.83 bits per heavy atom. The number of aliphatic carboxylic acids is 1. The van der Waals surface area contributed by atoms with Crippen LogP contribution in [-0.4, -0.2) is 44.9 Å². The van der Waals surface area contributed by atoms with Crippen LogP contribution in [0.3, 0.4) is 0 Å². The molecule has 23 heavy (non-hydrogen) atoms. The highest BCUT2D eigenvalue weighted by molar-refractivity contribution is 5.90. The second-order valence-electron chi connectivity index (χ2n) is 6.49. The van der Waals surface area contributed by atoms with Gasteiger partial charge in [0.25, 0.3) is 0 Å². The maximum absolute atomic E-state index is 12.5. The summed E-state index contributed by atoms with van der Waals surface area (Å²) in [5, 5.41) is 16.5. The van der Waals surface area contributed by atoms with Crippen LogP contribution in [0.4, 0.5) is 10.5 Å². The molecule has 7 nitrogen and oxygen atoms in total. The zero-order valence-electron chi connectivity index (χ0n) is 13.5. The molecule has 0 radical (unpaired) electrons. The fourth-order valence-electron chi connectivity index (χ4n) is 3.23. The molecular formula is C16H24N4O3. The summed E-state index contributed by atoms with van der Waals surface area (Å²) in [4.78, 5) is 25.2. The number of carboxylic acids is 1. The number of carboxylic acid groups (broad SMARTS) is 1. The molecule has 1 saturated heterocycles. The van der Waals surface area contributed by atoms with Crippen LogP contribution in [0.15, 0.2) is 6.20 Å². The Hall–Kier alpha value is -2.05. The number of amides is 2. The van der Waals surface area contributed by atoms with E-state index in [2.05, 4.69) is 17.3 Å². The van der Waals surface area contributed by atoms with E-state index in [1.54, 1.807) is 11.1 Å². The third-order valence-corrected chi connectivity index (χ3v) is 4.58. The van der Waals surface area contributed by atoms with Crippen molar-refractivity contribution < 1.29 is 14.7 Å². The molecule has 2 heterocycles. The molecule has 0 aromatic carbocycles. The first-order chi connectivity index (χ1) is 11.1. The lowest BCUT2D eigenvalue weighted by molar-refractivity contribution is -0.143. The van der Waals surface area contributed by atoms with Gasteiger partial charge in [0.15, 0.2) is 0 Å². The van der Waals surface area contributed by atoms with E-state index in [0.717, 1.165) is 43.6 Å². The maximum atomic E-state index is 12.5. The van der Waals surface area contributed by atoms with Gasteiger partial charge in [0.2, 0.25) is 0 Å². The number of nitrogens with zero attached hydrogens (tertiary/aromatic N) is 3. The fraction of sp³-hybridized carbons (Fsp3) is 0.688. The molecule has 1 aliphatic carbocycles. The highest BCUT2D eigenvalue weighted by Gasteiger charge is 2.32. The number of nitrogens with one attached hydrogen (secondary N) is 1. The van der Waals surface area contributed by atoms with Crippen molar-refractivity contribution in [1.82, 2.24) is 14.7 Å². The lowest BCUT2D eigenvalue weighted by atomic mass is 9.99. The van der Waals surface area contributed by atoms with E-state index in [9.17, 15) is 9.59 Å². The summed E-state index contributed by atoms with van der Waals surface area (Å²) in [6.45, 7) is 3.85. The van der Waals surface area contributed by atoms with Crippen molar-refractivity contribution in [3.05, 3.63) is 11.9 Å². The quantitative estimate of drug-likeness (QED) is 0.872. The number of aryl methyl sites for hydroxylation is 1. The van der Waals surface area contributed by atoms with Gasteiger partial charge in [0.1, 0.15) is 0 Å². The number of urea groups is 1. The molecule has 1 aromatic rings. The van der Waals surface area contributed by atoms with Crippen LogP contribution >= 0.6 is 0 Å². The average Bonchev–Trinajstić information content (AvgIpc) is 3.31. The van der Waals surface area contributed by atoms with E-state index < -0.39 is 11.9 Å². The van der Waals surface area contributed by atoms with Crippen molar-refractivity contribution in [2.75, 3.05) is 18.4 Å². The third kappa shape index (κ3) is 3.48. The van der Waals surface area contributed by atoms with Crippen LogP contribution in [0.1, 0.15) is 50.6 Å². The van der Waals surface area contributed by atoms with Crippen molar-refractivity contribution in [1.29, 1.82) is 0 Å². The van der Waals surface area contributed by atoms with E-state index in [1.807, 2.05) is 4.68 Å². The Morgan fingerprint density at radius 2 is 2.17 bits per heavy atom. The van der Waals surface area contributed by atoms with Crippen molar-refractivity contribution in [3.63, 3.8) is 0 Å². The van der Waals surface area contributed by atoms with Gasteiger partial charge in [0.05, 0.1) is 23.5 Å². The predicted octanol–water partition coefficient (Wildman–Crippen LogP) is 2.50. The van der Waals surface area contributed by atoms with Crippen LogP contribution in [0.2, 0.25) is 0 Å². The van der Waals surface area contributed by atoms with Crippen molar-refractivity contribution >= 4 is 17.7 Å². The summed E-state index contributed by atoms with van der Waals surface area (Å²) in [6.07, 6.45) is 6.38. The molecule has 2 N–H and O–H groups in total. The van der Waals surface area contributed by atoms with E-state index in [1.165, 1.54) is 0 Å². The standard InChI is InChI=1S/C16H24N4O3/c1-2-7-20-14(11-5-6-11)13(9-17-20)18-16(23)19-8-3-4-12(10-19)15(21)22/h9,11-12H,2-8,10H2,1H3,(H,18,23)(H,21,22). The zero-order valence-corrected chi connectivity index (χ0v) is 13.5. The second-order valence-corrected chi connectivity index (χ2v) is 6.49. The lowest BCUT2D eigenvalue weighted by Gasteiger charge is -2.30. The summed E-state index contributed by atoms with van der Waals surface area (Å²) < 4.78 is 1.99. The summed E-state index contributed by atoms with van der Waals surface area (Å²) in [7, 11) is 0. The molecule has 0 spiro atoms. The Morgan fingerprint density at radius 1 is 1.39 bits per heavy atom. The van der Waals surface area contributed by atoms with Crippen LogP contribution < -0.4 is 5.32 Å². The minimum Gasteiger partial charge on any atom is -0.481 e. The fourth-order valence-corrected chi connectivity index (χ4v) is 3.23. The Balaban J connectivity index is 1.69. The number of carbonyl (C=O) groups is 2. The number of carbonyl (C=O) groups excluding carboxylic acids is 1.